The predicted molar refractivity (Wildman–Crippen MR) is 97.9 cm³/mol. The molecule has 138 valence electrons. The van der Waals surface area contributed by atoms with E-state index >= 15 is 0 Å². The molecule has 0 saturated carbocycles. The first-order chi connectivity index (χ1) is 12.2. The van der Waals surface area contributed by atoms with Crippen molar-refractivity contribution in [2.24, 2.45) is 0 Å². The highest BCUT2D eigenvalue weighted by atomic mass is 19.3. The molecule has 0 spiro atoms. The van der Waals surface area contributed by atoms with Crippen LogP contribution in [0.1, 0.15) is 45.2 Å². The summed E-state index contributed by atoms with van der Waals surface area (Å²) in [5, 5.41) is 0. The highest BCUT2D eigenvalue weighted by Crippen LogP contribution is 2.37. The van der Waals surface area contributed by atoms with E-state index in [-0.39, 0.29) is 12.2 Å². The molecular formula is C20H23BF2O3. The number of alkyl halides is 2. The van der Waals surface area contributed by atoms with Gasteiger partial charge >= 0.3 is 7.12 Å². The third kappa shape index (κ3) is 3.76. The number of benzene rings is 2. The summed E-state index contributed by atoms with van der Waals surface area (Å²) in [6.07, 6.45) is -2.57. The molecule has 0 atom stereocenters. The van der Waals surface area contributed by atoms with Crippen LogP contribution in [0.5, 0.6) is 5.75 Å². The van der Waals surface area contributed by atoms with Gasteiger partial charge in [-0.1, -0.05) is 42.5 Å². The first-order valence-corrected chi connectivity index (χ1v) is 8.64. The summed E-state index contributed by atoms with van der Waals surface area (Å²) in [5.41, 5.74) is 0.443. The second-order valence-electron chi connectivity index (χ2n) is 7.46. The van der Waals surface area contributed by atoms with Crippen LogP contribution in [0.4, 0.5) is 8.78 Å². The van der Waals surface area contributed by atoms with E-state index < -0.39 is 24.7 Å². The van der Waals surface area contributed by atoms with Crippen LogP contribution < -0.4 is 10.2 Å². The van der Waals surface area contributed by atoms with Crippen molar-refractivity contribution < 1.29 is 22.8 Å². The fourth-order valence-electron chi connectivity index (χ4n) is 2.71. The third-order valence-corrected chi connectivity index (χ3v) is 5.03. The Labute approximate surface area is 153 Å². The van der Waals surface area contributed by atoms with Crippen molar-refractivity contribution in [3.8, 4) is 5.75 Å². The summed E-state index contributed by atoms with van der Waals surface area (Å²) < 4.78 is 44.3. The third-order valence-electron chi connectivity index (χ3n) is 5.03. The second kappa shape index (κ2) is 7.01. The second-order valence-corrected chi connectivity index (χ2v) is 7.46. The van der Waals surface area contributed by atoms with Gasteiger partial charge < -0.3 is 14.0 Å². The van der Waals surface area contributed by atoms with Gasteiger partial charge in [-0.2, -0.15) is 0 Å². The Morgan fingerprint density at radius 2 is 1.58 bits per heavy atom. The quantitative estimate of drug-likeness (QED) is 0.735. The maximum absolute atomic E-state index is 13.1. The summed E-state index contributed by atoms with van der Waals surface area (Å²) in [5.74, 6) is 0.352. The van der Waals surface area contributed by atoms with Crippen molar-refractivity contribution in [3.05, 3.63) is 59.7 Å². The zero-order chi connectivity index (χ0) is 18.9. The van der Waals surface area contributed by atoms with Gasteiger partial charge in [0.25, 0.3) is 6.43 Å². The fourth-order valence-corrected chi connectivity index (χ4v) is 2.71. The number of halogens is 2. The molecule has 6 heteroatoms. The van der Waals surface area contributed by atoms with Crippen molar-refractivity contribution in [2.45, 2.75) is 51.9 Å². The average molecular weight is 360 g/mol. The summed E-state index contributed by atoms with van der Waals surface area (Å²) >= 11 is 0. The molecule has 1 heterocycles. The average Bonchev–Trinajstić information content (AvgIpc) is 2.81. The van der Waals surface area contributed by atoms with Crippen molar-refractivity contribution in [1.29, 1.82) is 0 Å². The van der Waals surface area contributed by atoms with Gasteiger partial charge in [-0.15, -0.1) is 0 Å². The Hall–Kier alpha value is -1.92. The molecular weight excluding hydrogens is 337 g/mol. The molecule has 0 aliphatic carbocycles. The molecule has 0 radical (unpaired) electrons. The van der Waals surface area contributed by atoms with Gasteiger partial charge in [-0.3, -0.25) is 0 Å². The first-order valence-electron chi connectivity index (χ1n) is 8.64. The molecule has 0 aromatic heterocycles. The summed E-state index contributed by atoms with van der Waals surface area (Å²) in [4.78, 5) is 0. The SMILES string of the molecule is CC1(C)OB(c2ccc(C(F)F)cc2OCc2ccccc2)OC1(C)C. The van der Waals surface area contributed by atoms with Crippen LogP contribution in [0.3, 0.4) is 0 Å². The predicted octanol–water partition coefficient (Wildman–Crippen LogP) is 4.50. The molecule has 0 N–H and O–H groups in total. The van der Waals surface area contributed by atoms with Gasteiger partial charge in [0, 0.05) is 11.0 Å². The van der Waals surface area contributed by atoms with Crippen LogP contribution in [-0.2, 0) is 15.9 Å². The van der Waals surface area contributed by atoms with Crippen LogP contribution in [-0.4, -0.2) is 18.3 Å². The van der Waals surface area contributed by atoms with E-state index in [0.29, 0.717) is 11.2 Å². The molecule has 0 unspecified atom stereocenters. The Kier molecular flexibility index (Phi) is 5.08. The van der Waals surface area contributed by atoms with Crippen LogP contribution in [0.25, 0.3) is 0 Å². The van der Waals surface area contributed by atoms with E-state index in [4.69, 9.17) is 14.0 Å². The Bertz CT molecular complexity index is 747. The molecule has 0 amide bonds. The summed E-state index contributed by atoms with van der Waals surface area (Å²) in [6, 6.07) is 13.9. The van der Waals surface area contributed by atoms with Gasteiger partial charge in [0.2, 0.25) is 0 Å². The van der Waals surface area contributed by atoms with E-state index in [9.17, 15) is 8.78 Å². The minimum atomic E-state index is -2.57. The molecule has 2 aromatic rings. The largest absolute Gasteiger partial charge is 0.498 e. The number of ether oxygens (including phenoxy) is 1. The van der Waals surface area contributed by atoms with E-state index in [1.807, 2.05) is 58.0 Å². The van der Waals surface area contributed by atoms with Crippen LogP contribution in [0, 0.1) is 0 Å². The Balaban J connectivity index is 1.89. The molecule has 1 aliphatic rings. The molecule has 0 bridgehead atoms. The lowest BCUT2D eigenvalue weighted by atomic mass is 9.78. The van der Waals surface area contributed by atoms with Crippen molar-refractivity contribution in [1.82, 2.24) is 0 Å². The maximum Gasteiger partial charge on any atom is 0.498 e. The van der Waals surface area contributed by atoms with Gasteiger partial charge in [0.1, 0.15) is 12.4 Å². The molecule has 2 aromatic carbocycles. The van der Waals surface area contributed by atoms with E-state index in [0.717, 1.165) is 5.56 Å². The zero-order valence-corrected chi connectivity index (χ0v) is 15.5. The lowest BCUT2D eigenvalue weighted by Gasteiger charge is -2.32. The Morgan fingerprint density at radius 1 is 0.962 bits per heavy atom. The molecule has 1 saturated heterocycles. The zero-order valence-electron chi connectivity index (χ0n) is 15.5. The highest BCUT2D eigenvalue weighted by molar-refractivity contribution is 6.63. The Morgan fingerprint density at radius 3 is 2.15 bits per heavy atom. The minimum Gasteiger partial charge on any atom is -0.489 e. The van der Waals surface area contributed by atoms with Crippen molar-refractivity contribution >= 4 is 12.6 Å². The van der Waals surface area contributed by atoms with Crippen molar-refractivity contribution in [2.75, 3.05) is 0 Å². The van der Waals surface area contributed by atoms with E-state index in [1.165, 1.54) is 12.1 Å². The lowest BCUT2D eigenvalue weighted by molar-refractivity contribution is 0.00578. The van der Waals surface area contributed by atoms with Gasteiger partial charge in [-0.25, -0.2) is 8.78 Å². The molecule has 26 heavy (non-hydrogen) atoms. The molecule has 3 rings (SSSR count). The van der Waals surface area contributed by atoms with Crippen LogP contribution in [0.15, 0.2) is 48.5 Å². The standard InChI is InChI=1S/C20H23BF2O3/c1-19(2)20(3,4)26-21(25-19)16-11-10-15(18(22)23)12-17(16)24-13-14-8-6-5-7-9-14/h5-12,18H,13H2,1-4H3. The lowest BCUT2D eigenvalue weighted by Crippen LogP contribution is -2.41. The molecule has 3 nitrogen and oxygen atoms in total. The van der Waals surface area contributed by atoms with Gasteiger partial charge in [0.15, 0.2) is 0 Å². The topological polar surface area (TPSA) is 27.7 Å². The van der Waals surface area contributed by atoms with Crippen LogP contribution >= 0.6 is 0 Å². The summed E-state index contributed by atoms with van der Waals surface area (Å²) in [6.45, 7) is 8.08. The normalized spacial score (nSPS) is 18.3. The minimum absolute atomic E-state index is 0.0895. The molecule has 1 aliphatic heterocycles. The first kappa shape index (κ1) is 18.9. The fraction of sp³-hybridized carbons (Fsp3) is 0.400. The van der Waals surface area contributed by atoms with Crippen LogP contribution in [0.2, 0.25) is 0 Å². The monoisotopic (exact) mass is 360 g/mol. The number of rotatable bonds is 5. The highest BCUT2D eigenvalue weighted by Gasteiger charge is 2.52. The number of hydrogen-bond acceptors (Lipinski definition) is 3. The van der Waals surface area contributed by atoms with Crippen molar-refractivity contribution in [3.63, 3.8) is 0 Å². The molecule has 1 fully saturated rings. The summed E-state index contributed by atoms with van der Waals surface area (Å²) in [7, 11) is -0.669. The maximum atomic E-state index is 13.1. The van der Waals surface area contributed by atoms with E-state index in [2.05, 4.69) is 0 Å². The number of hydrogen-bond donors (Lipinski definition) is 0. The van der Waals surface area contributed by atoms with E-state index in [1.54, 1.807) is 6.07 Å². The van der Waals surface area contributed by atoms with Gasteiger partial charge in [0.05, 0.1) is 11.2 Å². The van der Waals surface area contributed by atoms with Gasteiger partial charge in [-0.05, 0) is 39.3 Å². The smallest absolute Gasteiger partial charge is 0.489 e.